The van der Waals surface area contributed by atoms with Crippen LogP contribution in [0.3, 0.4) is 0 Å². The number of piperazine rings is 1. The van der Waals surface area contributed by atoms with Gasteiger partial charge in [-0.25, -0.2) is 14.8 Å². The molecule has 3 rings (SSSR count). The molecule has 0 atom stereocenters. The Balaban J connectivity index is 1.66. The number of nitrogens with zero attached hydrogens (tertiary/aromatic N) is 5. The minimum Gasteiger partial charge on any atom is -0.378 e. The Labute approximate surface area is 156 Å². The third-order valence-corrected chi connectivity index (χ3v) is 5.01. The van der Waals surface area contributed by atoms with E-state index in [9.17, 15) is 4.79 Å². The molecule has 0 aliphatic carbocycles. The third-order valence-electron chi connectivity index (χ3n) is 5.01. The molecule has 0 N–H and O–H groups in total. The topological polar surface area (TPSA) is 61.8 Å². The van der Waals surface area contributed by atoms with Crippen molar-refractivity contribution >= 4 is 11.8 Å². The Hall–Kier alpha value is -1.89. The third kappa shape index (κ3) is 4.26. The minimum atomic E-state index is 0.140. The SMILES string of the molecule is CC(C)c1cc(N2CCN(C(=O)N3CCOCC3)CC2)nc(C(C)C)n1. The van der Waals surface area contributed by atoms with Gasteiger partial charge in [0.15, 0.2) is 0 Å². The van der Waals surface area contributed by atoms with Gasteiger partial charge in [0, 0.05) is 56.9 Å². The molecule has 1 aromatic rings. The highest BCUT2D eigenvalue weighted by Crippen LogP contribution is 2.23. The molecule has 0 radical (unpaired) electrons. The molecule has 7 heteroatoms. The van der Waals surface area contributed by atoms with E-state index in [4.69, 9.17) is 14.7 Å². The van der Waals surface area contributed by atoms with Crippen LogP contribution < -0.4 is 4.90 Å². The van der Waals surface area contributed by atoms with Crippen LogP contribution in [0.4, 0.5) is 10.6 Å². The number of hydrogen-bond donors (Lipinski definition) is 0. The van der Waals surface area contributed by atoms with Crippen molar-refractivity contribution in [1.82, 2.24) is 19.8 Å². The van der Waals surface area contributed by atoms with Gasteiger partial charge in [-0.3, -0.25) is 0 Å². The standard InChI is InChI=1S/C19H31N5O2/c1-14(2)16-13-17(21-18(20-16)15(3)4)22-5-7-23(8-6-22)19(25)24-9-11-26-12-10-24/h13-15H,5-12H2,1-4H3. The number of carbonyl (C=O) groups is 1. The summed E-state index contributed by atoms with van der Waals surface area (Å²) in [5.41, 5.74) is 1.09. The van der Waals surface area contributed by atoms with Crippen molar-refractivity contribution in [2.75, 3.05) is 57.4 Å². The van der Waals surface area contributed by atoms with Gasteiger partial charge in [0.25, 0.3) is 0 Å². The maximum absolute atomic E-state index is 12.6. The molecule has 0 aromatic carbocycles. The van der Waals surface area contributed by atoms with Crippen LogP contribution in [-0.4, -0.2) is 78.3 Å². The lowest BCUT2D eigenvalue weighted by Gasteiger charge is -2.39. The van der Waals surface area contributed by atoms with Crippen molar-refractivity contribution in [2.24, 2.45) is 0 Å². The first-order valence-electron chi connectivity index (χ1n) is 9.71. The van der Waals surface area contributed by atoms with Crippen molar-refractivity contribution in [3.63, 3.8) is 0 Å². The largest absolute Gasteiger partial charge is 0.378 e. The van der Waals surface area contributed by atoms with Gasteiger partial charge >= 0.3 is 6.03 Å². The van der Waals surface area contributed by atoms with Crippen LogP contribution in [0.2, 0.25) is 0 Å². The molecule has 26 heavy (non-hydrogen) atoms. The Morgan fingerprint density at radius 2 is 1.54 bits per heavy atom. The van der Waals surface area contributed by atoms with E-state index in [-0.39, 0.29) is 6.03 Å². The molecule has 2 saturated heterocycles. The van der Waals surface area contributed by atoms with Crippen LogP contribution in [0.25, 0.3) is 0 Å². The fourth-order valence-corrected chi connectivity index (χ4v) is 3.27. The highest BCUT2D eigenvalue weighted by atomic mass is 16.5. The smallest absolute Gasteiger partial charge is 0.320 e. The molecule has 2 aliphatic heterocycles. The molecule has 2 aliphatic rings. The first-order chi connectivity index (χ1) is 12.5. The van der Waals surface area contributed by atoms with E-state index >= 15 is 0 Å². The average Bonchev–Trinajstić information content (AvgIpc) is 2.67. The summed E-state index contributed by atoms with van der Waals surface area (Å²) in [5.74, 6) is 2.57. The number of carbonyl (C=O) groups excluding carboxylic acids is 1. The van der Waals surface area contributed by atoms with E-state index in [1.807, 2.05) is 9.80 Å². The van der Waals surface area contributed by atoms with E-state index in [1.54, 1.807) is 0 Å². The second-order valence-corrected chi connectivity index (χ2v) is 7.67. The maximum Gasteiger partial charge on any atom is 0.320 e. The van der Waals surface area contributed by atoms with Gasteiger partial charge in [-0.15, -0.1) is 0 Å². The molecule has 1 aromatic heterocycles. The Morgan fingerprint density at radius 1 is 0.923 bits per heavy atom. The molecule has 2 fully saturated rings. The number of urea groups is 1. The molecule has 0 saturated carbocycles. The minimum absolute atomic E-state index is 0.140. The zero-order valence-corrected chi connectivity index (χ0v) is 16.4. The van der Waals surface area contributed by atoms with Crippen LogP contribution in [0, 0.1) is 0 Å². The fourth-order valence-electron chi connectivity index (χ4n) is 3.27. The summed E-state index contributed by atoms with van der Waals surface area (Å²) in [4.78, 5) is 28.3. The van der Waals surface area contributed by atoms with Gasteiger partial charge in [0.05, 0.1) is 13.2 Å². The van der Waals surface area contributed by atoms with Crippen molar-refractivity contribution in [2.45, 2.75) is 39.5 Å². The normalized spacial score (nSPS) is 18.8. The van der Waals surface area contributed by atoms with Crippen LogP contribution in [0.5, 0.6) is 0 Å². The predicted octanol–water partition coefficient (Wildman–Crippen LogP) is 2.30. The molecule has 0 spiro atoms. The number of aromatic nitrogens is 2. The highest BCUT2D eigenvalue weighted by molar-refractivity contribution is 5.75. The Bertz CT molecular complexity index is 594. The van der Waals surface area contributed by atoms with Gasteiger partial charge in [-0.1, -0.05) is 27.7 Å². The van der Waals surface area contributed by atoms with E-state index < -0.39 is 0 Å². The average molecular weight is 361 g/mol. The van der Waals surface area contributed by atoms with Crippen molar-refractivity contribution in [3.05, 3.63) is 17.6 Å². The molecule has 0 unspecified atom stereocenters. The van der Waals surface area contributed by atoms with Crippen LogP contribution in [0.1, 0.15) is 51.0 Å². The molecule has 144 valence electrons. The highest BCUT2D eigenvalue weighted by Gasteiger charge is 2.27. The number of morpholine rings is 1. The molecule has 3 heterocycles. The lowest BCUT2D eigenvalue weighted by molar-refractivity contribution is 0.0428. The second-order valence-electron chi connectivity index (χ2n) is 7.67. The monoisotopic (exact) mass is 361 g/mol. The van der Waals surface area contributed by atoms with Crippen LogP contribution in [-0.2, 0) is 4.74 Å². The lowest BCUT2D eigenvalue weighted by Crippen LogP contribution is -2.55. The zero-order chi connectivity index (χ0) is 18.7. The second kappa shape index (κ2) is 8.20. The predicted molar refractivity (Wildman–Crippen MR) is 102 cm³/mol. The summed E-state index contributed by atoms with van der Waals surface area (Å²) in [5, 5.41) is 0. The quantitative estimate of drug-likeness (QED) is 0.827. The summed E-state index contributed by atoms with van der Waals surface area (Å²) in [6.07, 6.45) is 0. The van der Waals surface area contributed by atoms with E-state index in [0.717, 1.165) is 43.5 Å². The fraction of sp³-hybridized carbons (Fsp3) is 0.737. The maximum atomic E-state index is 12.6. The molecular weight excluding hydrogens is 330 g/mol. The van der Waals surface area contributed by atoms with Crippen molar-refractivity contribution in [3.8, 4) is 0 Å². The summed E-state index contributed by atoms with van der Waals surface area (Å²) in [6, 6.07) is 2.25. The van der Waals surface area contributed by atoms with Gasteiger partial charge in [0.1, 0.15) is 11.6 Å². The summed E-state index contributed by atoms with van der Waals surface area (Å²) >= 11 is 0. The van der Waals surface area contributed by atoms with Crippen LogP contribution >= 0.6 is 0 Å². The van der Waals surface area contributed by atoms with E-state index in [1.165, 1.54) is 0 Å². The van der Waals surface area contributed by atoms with E-state index in [2.05, 4.69) is 38.7 Å². The number of amides is 2. The summed E-state index contributed by atoms with van der Waals surface area (Å²) in [7, 11) is 0. The first-order valence-corrected chi connectivity index (χ1v) is 9.71. The molecule has 7 nitrogen and oxygen atoms in total. The van der Waals surface area contributed by atoms with Gasteiger partial charge < -0.3 is 19.4 Å². The Kier molecular flexibility index (Phi) is 5.96. The van der Waals surface area contributed by atoms with Gasteiger partial charge in [-0.2, -0.15) is 0 Å². The number of rotatable bonds is 3. The number of anilines is 1. The number of hydrogen-bond acceptors (Lipinski definition) is 5. The summed E-state index contributed by atoms with van der Waals surface area (Å²) in [6.45, 7) is 14.3. The molecule has 0 bridgehead atoms. The van der Waals surface area contributed by atoms with Crippen LogP contribution in [0.15, 0.2) is 6.07 Å². The summed E-state index contributed by atoms with van der Waals surface area (Å²) < 4.78 is 5.34. The van der Waals surface area contributed by atoms with Gasteiger partial charge in [0.2, 0.25) is 0 Å². The van der Waals surface area contributed by atoms with Crippen molar-refractivity contribution < 1.29 is 9.53 Å². The molecule has 2 amide bonds. The van der Waals surface area contributed by atoms with Gasteiger partial charge in [-0.05, 0) is 5.92 Å². The number of ether oxygens (including phenoxy) is 1. The van der Waals surface area contributed by atoms with Crippen molar-refractivity contribution in [1.29, 1.82) is 0 Å². The first kappa shape index (κ1) is 18.9. The Morgan fingerprint density at radius 3 is 2.12 bits per heavy atom. The zero-order valence-electron chi connectivity index (χ0n) is 16.4. The van der Waals surface area contributed by atoms with E-state index in [0.29, 0.717) is 38.1 Å². The lowest BCUT2D eigenvalue weighted by atomic mass is 10.1. The molecular formula is C19H31N5O2.